The zero-order valence-electron chi connectivity index (χ0n) is 13.9. The summed E-state index contributed by atoms with van der Waals surface area (Å²) in [6.07, 6.45) is 1.66. The maximum absolute atomic E-state index is 12.1. The molecule has 1 amide bonds. The number of carbonyl (C=O) groups excluding carboxylic acids is 1. The molecule has 7 nitrogen and oxygen atoms in total. The van der Waals surface area contributed by atoms with Crippen molar-refractivity contribution in [2.75, 3.05) is 19.8 Å². The molecular weight excluding hydrogens is 324 g/mol. The average Bonchev–Trinajstić information content (AvgIpc) is 2.61. The summed E-state index contributed by atoms with van der Waals surface area (Å²) in [7, 11) is 0. The third-order valence-electron chi connectivity index (χ3n) is 3.24. The van der Waals surface area contributed by atoms with Gasteiger partial charge in [0.1, 0.15) is 19.0 Å². The number of pyridine rings is 1. The van der Waals surface area contributed by atoms with E-state index in [4.69, 9.17) is 14.6 Å². The van der Waals surface area contributed by atoms with E-state index in [0.29, 0.717) is 17.9 Å². The average molecular weight is 344 g/mol. The molecule has 0 bridgehead atoms. The fourth-order valence-corrected chi connectivity index (χ4v) is 2.01. The van der Waals surface area contributed by atoms with Crippen molar-refractivity contribution in [3.8, 4) is 5.75 Å². The summed E-state index contributed by atoms with van der Waals surface area (Å²) in [5, 5.41) is 11.1. The van der Waals surface area contributed by atoms with Crippen LogP contribution in [0.2, 0.25) is 0 Å². The lowest BCUT2D eigenvalue weighted by molar-refractivity contribution is -0.142. The molecule has 0 fully saturated rings. The summed E-state index contributed by atoms with van der Waals surface area (Å²) in [6, 6.07) is 10.8. The van der Waals surface area contributed by atoms with Gasteiger partial charge in [-0.1, -0.05) is 12.1 Å². The number of carboxylic acids is 1. The van der Waals surface area contributed by atoms with Gasteiger partial charge in [0, 0.05) is 17.8 Å². The molecule has 2 aromatic rings. The summed E-state index contributed by atoms with van der Waals surface area (Å²) < 4.78 is 10.5. The number of rotatable bonds is 9. The van der Waals surface area contributed by atoms with Gasteiger partial charge >= 0.3 is 5.97 Å². The first kappa shape index (κ1) is 18.4. The van der Waals surface area contributed by atoms with Crippen LogP contribution in [0, 0.1) is 6.92 Å². The number of aryl methyl sites for hydroxylation is 1. The summed E-state index contributed by atoms with van der Waals surface area (Å²) in [6.45, 7) is 2.23. The zero-order chi connectivity index (χ0) is 18.1. The van der Waals surface area contributed by atoms with E-state index < -0.39 is 5.97 Å². The van der Waals surface area contributed by atoms with Crippen molar-refractivity contribution in [1.82, 2.24) is 10.3 Å². The SMILES string of the molecule is Cc1ccc(OCc2cccc(C(=O)NCCOCC(=O)O)c2)cn1. The second kappa shape index (κ2) is 9.39. The Morgan fingerprint density at radius 1 is 1.24 bits per heavy atom. The molecule has 0 aliphatic carbocycles. The topological polar surface area (TPSA) is 97.8 Å². The number of ether oxygens (including phenoxy) is 2. The molecule has 132 valence electrons. The van der Waals surface area contributed by atoms with Crippen molar-refractivity contribution in [1.29, 1.82) is 0 Å². The number of aromatic nitrogens is 1. The smallest absolute Gasteiger partial charge is 0.329 e. The predicted octanol–water partition coefficient (Wildman–Crippen LogP) is 1.80. The lowest BCUT2D eigenvalue weighted by atomic mass is 10.1. The van der Waals surface area contributed by atoms with E-state index in [0.717, 1.165) is 11.3 Å². The van der Waals surface area contributed by atoms with Gasteiger partial charge in [-0.25, -0.2) is 4.79 Å². The van der Waals surface area contributed by atoms with E-state index in [-0.39, 0.29) is 25.7 Å². The van der Waals surface area contributed by atoms with Gasteiger partial charge in [0.2, 0.25) is 0 Å². The van der Waals surface area contributed by atoms with Gasteiger partial charge in [-0.05, 0) is 36.8 Å². The Kier molecular flexibility index (Phi) is 6.91. The Morgan fingerprint density at radius 2 is 2.08 bits per heavy atom. The molecule has 1 aromatic carbocycles. The Hall–Kier alpha value is -2.93. The molecule has 0 unspecified atom stereocenters. The molecule has 2 rings (SSSR count). The third-order valence-corrected chi connectivity index (χ3v) is 3.24. The van der Waals surface area contributed by atoms with Crippen molar-refractivity contribution < 1.29 is 24.2 Å². The predicted molar refractivity (Wildman–Crippen MR) is 90.5 cm³/mol. The zero-order valence-corrected chi connectivity index (χ0v) is 13.9. The second-order valence-electron chi connectivity index (χ2n) is 5.33. The number of hydrogen-bond acceptors (Lipinski definition) is 5. The summed E-state index contributed by atoms with van der Waals surface area (Å²) in [5.74, 6) is -0.628. The van der Waals surface area contributed by atoms with Crippen LogP contribution in [0.4, 0.5) is 0 Å². The lowest BCUT2D eigenvalue weighted by Crippen LogP contribution is -2.28. The van der Waals surface area contributed by atoms with Gasteiger partial charge in [-0.2, -0.15) is 0 Å². The summed E-state index contributed by atoms with van der Waals surface area (Å²) in [4.78, 5) is 26.5. The maximum atomic E-state index is 12.1. The molecule has 0 aliphatic heterocycles. The molecule has 2 N–H and O–H groups in total. The van der Waals surface area contributed by atoms with Crippen molar-refractivity contribution in [3.05, 3.63) is 59.4 Å². The highest BCUT2D eigenvalue weighted by Crippen LogP contribution is 2.12. The summed E-state index contributed by atoms with van der Waals surface area (Å²) in [5.41, 5.74) is 2.27. The van der Waals surface area contributed by atoms with Crippen molar-refractivity contribution in [2.24, 2.45) is 0 Å². The fourth-order valence-electron chi connectivity index (χ4n) is 2.01. The Labute approximate surface area is 145 Å². The molecule has 0 radical (unpaired) electrons. The first-order valence-electron chi connectivity index (χ1n) is 7.77. The molecule has 1 heterocycles. The Balaban J connectivity index is 1.82. The monoisotopic (exact) mass is 344 g/mol. The van der Waals surface area contributed by atoms with Gasteiger partial charge < -0.3 is 19.9 Å². The number of aliphatic carboxylic acids is 1. The maximum Gasteiger partial charge on any atom is 0.329 e. The minimum absolute atomic E-state index is 0.140. The molecule has 0 saturated heterocycles. The lowest BCUT2D eigenvalue weighted by Gasteiger charge is -2.09. The van der Waals surface area contributed by atoms with Crippen LogP contribution in [0.3, 0.4) is 0 Å². The quantitative estimate of drug-likeness (QED) is 0.673. The number of nitrogens with one attached hydrogen (secondary N) is 1. The van der Waals surface area contributed by atoms with Gasteiger partial charge in [0.15, 0.2) is 0 Å². The fraction of sp³-hybridized carbons (Fsp3) is 0.278. The molecule has 0 atom stereocenters. The van der Waals surface area contributed by atoms with E-state index in [1.54, 1.807) is 24.4 Å². The van der Waals surface area contributed by atoms with Crippen LogP contribution >= 0.6 is 0 Å². The van der Waals surface area contributed by atoms with Gasteiger partial charge in [-0.15, -0.1) is 0 Å². The number of benzene rings is 1. The van der Waals surface area contributed by atoms with Crippen LogP contribution in [-0.4, -0.2) is 41.7 Å². The highest BCUT2D eigenvalue weighted by atomic mass is 16.5. The number of nitrogens with zero attached hydrogens (tertiary/aromatic N) is 1. The van der Waals surface area contributed by atoms with Crippen LogP contribution in [0.15, 0.2) is 42.6 Å². The van der Waals surface area contributed by atoms with Crippen LogP contribution in [0.1, 0.15) is 21.6 Å². The second-order valence-corrected chi connectivity index (χ2v) is 5.33. The third kappa shape index (κ3) is 6.60. The van der Waals surface area contributed by atoms with Gasteiger partial charge in [0.05, 0.1) is 12.8 Å². The van der Waals surface area contributed by atoms with E-state index in [9.17, 15) is 9.59 Å². The molecule has 7 heteroatoms. The molecule has 0 saturated carbocycles. The largest absolute Gasteiger partial charge is 0.487 e. The number of carboxylic acid groups (broad SMARTS) is 1. The minimum Gasteiger partial charge on any atom is -0.487 e. The normalized spacial score (nSPS) is 10.3. The van der Waals surface area contributed by atoms with Crippen LogP contribution in [0.5, 0.6) is 5.75 Å². The van der Waals surface area contributed by atoms with E-state index in [1.807, 2.05) is 25.1 Å². The van der Waals surface area contributed by atoms with Crippen molar-refractivity contribution in [2.45, 2.75) is 13.5 Å². The number of hydrogen-bond donors (Lipinski definition) is 2. The van der Waals surface area contributed by atoms with E-state index >= 15 is 0 Å². The minimum atomic E-state index is -1.04. The summed E-state index contributed by atoms with van der Waals surface area (Å²) >= 11 is 0. The molecule has 25 heavy (non-hydrogen) atoms. The highest BCUT2D eigenvalue weighted by molar-refractivity contribution is 5.94. The van der Waals surface area contributed by atoms with Crippen LogP contribution in [-0.2, 0) is 16.1 Å². The van der Waals surface area contributed by atoms with E-state index in [2.05, 4.69) is 10.3 Å². The van der Waals surface area contributed by atoms with Crippen molar-refractivity contribution in [3.63, 3.8) is 0 Å². The molecule has 1 aromatic heterocycles. The number of amides is 1. The Morgan fingerprint density at radius 3 is 2.80 bits per heavy atom. The Bertz CT molecular complexity index is 716. The molecular formula is C18H20N2O5. The van der Waals surface area contributed by atoms with Crippen LogP contribution in [0.25, 0.3) is 0 Å². The molecule has 0 spiro atoms. The van der Waals surface area contributed by atoms with Gasteiger partial charge in [-0.3, -0.25) is 9.78 Å². The highest BCUT2D eigenvalue weighted by Gasteiger charge is 2.06. The van der Waals surface area contributed by atoms with E-state index in [1.165, 1.54) is 0 Å². The standard InChI is InChI=1S/C18H20N2O5/c1-13-5-6-16(10-20-13)25-11-14-3-2-4-15(9-14)18(23)19-7-8-24-12-17(21)22/h2-6,9-10H,7-8,11-12H2,1H3,(H,19,23)(H,21,22). The number of carbonyl (C=O) groups is 2. The first-order valence-corrected chi connectivity index (χ1v) is 7.77. The van der Waals surface area contributed by atoms with Gasteiger partial charge in [0.25, 0.3) is 5.91 Å². The van der Waals surface area contributed by atoms with Crippen molar-refractivity contribution >= 4 is 11.9 Å². The van der Waals surface area contributed by atoms with Crippen LogP contribution < -0.4 is 10.1 Å². The first-order chi connectivity index (χ1) is 12.0. The molecule has 0 aliphatic rings.